The minimum Gasteiger partial charge on any atom is -0.496 e. The molecule has 1 amide bonds. The molecule has 0 saturated heterocycles. The van der Waals surface area contributed by atoms with Crippen LogP contribution in [-0.2, 0) is 4.79 Å². The fourth-order valence-corrected chi connectivity index (χ4v) is 3.07. The van der Waals surface area contributed by atoms with Crippen molar-refractivity contribution in [3.63, 3.8) is 0 Å². The van der Waals surface area contributed by atoms with E-state index in [1.54, 1.807) is 7.11 Å². The second-order valence-electron chi connectivity index (χ2n) is 5.53. The summed E-state index contributed by atoms with van der Waals surface area (Å²) in [4.78, 5) is 12.2. The van der Waals surface area contributed by atoms with Crippen LogP contribution in [0.1, 0.15) is 5.56 Å². The van der Waals surface area contributed by atoms with Gasteiger partial charge in [0.2, 0.25) is 11.1 Å². The van der Waals surface area contributed by atoms with E-state index in [1.165, 1.54) is 16.4 Å². The van der Waals surface area contributed by atoms with Gasteiger partial charge in [-0.3, -0.25) is 4.79 Å². The number of nitrogens with two attached hydrogens (primary N) is 1. The number of carbonyl (C=O) groups excluding carboxylic acids is 1. The number of hydrogen-bond acceptors (Lipinski definition) is 6. The van der Waals surface area contributed by atoms with Gasteiger partial charge in [0.25, 0.3) is 0 Å². The Kier molecular flexibility index (Phi) is 5.43. The molecule has 3 N–H and O–H groups in total. The number of anilines is 1. The number of benzene rings is 2. The monoisotopic (exact) mass is 369 g/mol. The molecule has 1 heterocycles. The number of hydrogen-bond donors (Lipinski definition) is 2. The lowest BCUT2D eigenvalue weighted by Gasteiger charge is -2.09. The van der Waals surface area contributed by atoms with Crippen molar-refractivity contribution >= 4 is 23.4 Å². The quantitative estimate of drug-likeness (QED) is 0.512. The van der Waals surface area contributed by atoms with Crippen molar-refractivity contribution < 1.29 is 9.53 Å². The van der Waals surface area contributed by atoms with Gasteiger partial charge >= 0.3 is 0 Å². The molecule has 0 unspecified atom stereocenters. The highest BCUT2D eigenvalue weighted by Crippen LogP contribution is 2.29. The highest BCUT2D eigenvalue weighted by atomic mass is 32.2. The van der Waals surface area contributed by atoms with E-state index in [-0.39, 0.29) is 11.7 Å². The first-order valence-corrected chi connectivity index (χ1v) is 8.91. The number of para-hydroxylation sites is 2. The Bertz CT molecular complexity index is 925. The van der Waals surface area contributed by atoms with Crippen molar-refractivity contribution in [2.75, 3.05) is 24.0 Å². The Hall–Kier alpha value is -3.00. The number of methoxy groups -OCH3 is 1. The third-order valence-corrected chi connectivity index (χ3v) is 4.71. The summed E-state index contributed by atoms with van der Waals surface area (Å²) in [7, 11) is 1.58. The van der Waals surface area contributed by atoms with Gasteiger partial charge in [-0.1, -0.05) is 42.1 Å². The number of amides is 1. The largest absolute Gasteiger partial charge is 0.496 e. The van der Waals surface area contributed by atoms with Crippen molar-refractivity contribution in [1.82, 2.24) is 14.9 Å². The first-order valence-electron chi connectivity index (χ1n) is 7.92. The standard InChI is InChI=1S/C18H19N5O2S/c1-12-7-3-5-9-14(12)20-16(24)11-26-18-22-21-17(23(18)19)13-8-4-6-10-15(13)25-2/h3-10H,11,19H2,1-2H3,(H,20,24). The van der Waals surface area contributed by atoms with E-state index in [0.29, 0.717) is 16.7 Å². The number of nitrogen functional groups attached to an aromatic ring is 1. The molecule has 0 aliphatic heterocycles. The first kappa shape index (κ1) is 17.8. The summed E-state index contributed by atoms with van der Waals surface area (Å²) in [5.74, 6) is 7.28. The molecule has 0 aliphatic rings. The van der Waals surface area contributed by atoms with Gasteiger partial charge < -0.3 is 15.9 Å². The summed E-state index contributed by atoms with van der Waals surface area (Å²) in [5, 5.41) is 11.5. The average Bonchev–Trinajstić information content (AvgIpc) is 3.02. The molecular weight excluding hydrogens is 350 g/mol. The van der Waals surface area contributed by atoms with Crippen LogP contribution in [0.4, 0.5) is 5.69 Å². The smallest absolute Gasteiger partial charge is 0.234 e. The van der Waals surface area contributed by atoms with Gasteiger partial charge in [0.1, 0.15) is 5.75 Å². The maximum absolute atomic E-state index is 12.2. The number of carbonyl (C=O) groups is 1. The Morgan fingerprint density at radius 3 is 2.69 bits per heavy atom. The van der Waals surface area contributed by atoms with Crippen molar-refractivity contribution in [2.24, 2.45) is 0 Å². The fourth-order valence-electron chi connectivity index (χ4n) is 2.42. The zero-order chi connectivity index (χ0) is 18.5. The SMILES string of the molecule is COc1ccccc1-c1nnc(SCC(=O)Nc2ccccc2C)n1N. The van der Waals surface area contributed by atoms with E-state index >= 15 is 0 Å². The molecule has 8 heteroatoms. The number of nitrogens with zero attached hydrogens (tertiary/aromatic N) is 3. The van der Waals surface area contributed by atoms with Crippen LogP contribution in [0.15, 0.2) is 53.7 Å². The molecule has 0 spiro atoms. The van der Waals surface area contributed by atoms with Crippen molar-refractivity contribution in [3.05, 3.63) is 54.1 Å². The van der Waals surface area contributed by atoms with Gasteiger partial charge in [-0.2, -0.15) is 0 Å². The van der Waals surface area contributed by atoms with E-state index in [4.69, 9.17) is 10.6 Å². The normalized spacial score (nSPS) is 10.5. The number of thioether (sulfide) groups is 1. The van der Waals surface area contributed by atoms with E-state index in [9.17, 15) is 4.79 Å². The average molecular weight is 369 g/mol. The summed E-state index contributed by atoms with van der Waals surface area (Å²) >= 11 is 1.22. The molecular formula is C18H19N5O2S. The number of aryl methyl sites for hydroxylation is 1. The van der Waals surface area contributed by atoms with E-state index in [1.807, 2.05) is 55.5 Å². The molecule has 0 atom stereocenters. The molecule has 0 saturated carbocycles. The highest BCUT2D eigenvalue weighted by Gasteiger charge is 2.16. The van der Waals surface area contributed by atoms with Gasteiger partial charge in [-0.05, 0) is 30.7 Å². The van der Waals surface area contributed by atoms with E-state index < -0.39 is 0 Å². The van der Waals surface area contributed by atoms with Gasteiger partial charge in [-0.25, -0.2) is 4.68 Å². The zero-order valence-corrected chi connectivity index (χ0v) is 15.3. The third kappa shape index (κ3) is 3.80. The molecule has 3 rings (SSSR count). The van der Waals surface area contributed by atoms with Gasteiger partial charge in [0.15, 0.2) is 5.82 Å². The highest BCUT2D eigenvalue weighted by molar-refractivity contribution is 7.99. The summed E-state index contributed by atoms with van der Waals surface area (Å²) in [6.07, 6.45) is 0. The Labute approximate surface area is 155 Å². The predicted molar refractivity (Wildman–Crippen MR) is 103 cm³/mol. The lowest BCUT2D eigenvalue weighted by Crippen LogP contribution is -2.17. The van der Waals surface area contributed by atoms with Gasteiger partial charge in [0, 0.05) is 5.69 Å². The van der Waals surface area contributed by atoms with Crippen molar-refractivity contribution in [3.8, 4) is 17.1 Å². The van der Waals surface area contributed by atoms with Crippen LogP contribution >= 0.6 is 11.8 Å². The second kappa shape index (κ2) is 7.92. The topological polar surface area (TPSA) is 95.1 Å². The number of nitrogens with one attached hydrogen (secondary N) is 1. The number of ether oxygens (including phenoxy) is 1. The Balaban J connectivity index is 1.69. The summed E-state index contributed by atoms with van der Waals surface area (Å²) in [6, 6.07) is 15.0. The van der Waals surface area contributed by atoms with Crippen molar-refractivity contribution in [2.45, 2.75) is 12.1 Å². The Morgan fingerprint density at radius 2 is 1.92 bits per heavy atom. The maximum Gasteiger partial charge on any atom is 0.234 e. The van der Waals surface area contributed by atoms with Crippen LogP contribution in [0.5, 0.6) is 5.75 Å². The predicted octanol–water partition coefficient (Wildman–Crippen LogP) is 2.71. The summed E-state index contributed by atoms with van der Waals surface area (Å²) < 4.78 is 6.70. The van der Waals surface area contributed by atoms with Gasteiger partial charge in [0.05, 0.1) is 18.4 Å². The van der Waals surface area contributed by atoms with Crippen LogP contribution in [0.3, 0.4) is 0 Å². The molecule has 7 nitrogen and oxygen atoms in total. The molecule has 1 aromatic heterocycles. The molecule has 0 radical (unpaired) electrons. The lowest BCUT2D eigenvalue weighted by molar-refractivity contribution is -0.113. The minimum absolute atomic E-state index is 0.133. The van der Waals surface area contributed by atoms with E-state index in [2.05, 4.69) is 15.5 Å². The molecule has 3 aromatic rings. The zero-order valence-electron chi connectivity index (χ0n) is 14.5. The summed E-state index contributed by atoms with van der Waals surface area (Å²) in [5.41, 5.74) is 2.54. The molecule has 0 bridgehead atoms. The molecule has 134 valence electrons. The van der Waals surface area contributed by atoms with Gasteiger partial charge in [-0.15, -0.1) is 10.2 Å². The lowest BCUT2D eigenvalue weighted by atomic mass is 10.2. The molecule has 26 heavy (non-hydrogen) atoms. The van der Waals surface area contributed by atoms with Crippen LogP contribution < -0.4 is 15.9 Å². The summed E-state index contributed by atoms with van der Waals surface area (Å²) in [6.45, 7) is 1.94. The van der Waals surface area contributed by atoms with Crippen molar-refractivity contribution in [1.29, 1.82) is 0 Å². The third-order valence-electron chi connectivity index (χ3n) is 3.76. The fraction of sp³-hybridized carbons (Fsp3) is 0.167. The Morgan fingerprint density at radius 1 is 1.19 bits per heavy atom. The van der Waals surface area contributed by atoms with Crippen LogP contribution in [0.25, 0.3) is 11.4 Å². The number of rotatable bonds is 6. The van der Waals surface area contributed by atoms with Crippen LogP contribution in [-0.4, -0.2) is 33.6 Å². The maximum atomic E-state index is 12.2. The second-order valence-corrected chi connectivity index (χ2v) is 6.47. The molecule has 0 aliphatic carbocycles. The first-order chi connectivity index (χ1) is 12.6. The molecule has 2 aromatic carbocycles. The van der Waals surface area contributed by atoms with Crippen LogP contribution in [0.2, 0.25) is 0 Å². The molecule has 0 fully saturated rings. The van der Waals surface area contributed by atoms with E-state index in [0.717, 1.165) is 16.8 Å². The van der Waals surface area contributed by atoms with Crippen LogP contribution in [0, 0.1) is 6.92 Å². The minimum atomic E-state index is -0.133. The number of aromatic nitrogens is 3.